The van der Waals surface area contributed by atoms with E-state index in [0.717, 1.165) is 25.7 Å². The van der Waals surface area contributed by atoms with Crippen LogP contribution >= 0.6 is 0 Å². The Morgan fingerprint density at radius 2 is 1.47 bits per heavy atom. The van der Waals surface area contributed by atoms with Gasteiger partial charge in [-0.2, -0.15) is 0 Å². The van der Waals surface area contributed by atoms with Gasteiger partial charge in [-0.1, -0.05) is 0 Å². The average Bonchev–Trinajstić information content (AvgIpc) is 2.52. The molecule has 3 atom stereocenters. The van der Waals surface area contributed by atoms with Gasteiger partial charge in [0.1, 0.15) is 0 Å². The second kappa shape index (κ2) is 9.06. The number of nitrogens with two attached hydrogens (primary N) is 1. The van der Waals surface area contributed by atoms with Crippen molar-refractivity contribution >= 4 is 0 Å². The molecule has 0 bridgehead atoms. The Hall–Kier alpha value is -0.200. The summed E-state index contributed by atoms with van der Waals surface area (Å²) < 4.78 is 0. The molecule has 0 aromatic rings. The molecule has 3 unspecified atom stereocenters. The first-order chi connectivity index (χ1) is 7.13. The monoisotopic (exact) mass is 221 g/mol. The van der Waals surface area contributed by atoms with Gasteiger partial charge in [0.05, 0.1) is 12.2 Å². The summed E-state index contributed by atoms with van der Waals surface area (Å²) in [6.45, 7) is 0.500. The Labute approximate surface area is 90.5 Å². The van der Waals surface area contributed by atoms with Crippen LogP contribution in [0.2, 0.25) is 0 Å². The van der Waals surface area contributed by atoms with Gasteiger partial charge in [0.2, 0.25) is 0 Å². The fourth-order valence-electron chi connectivity index (χ4n) is 1.39. The van der Waals surface area contributed by atoms with Crippen molar-refractivity contribution < 1.29 is 20.4 Å². The van der Waals surface area contributed by atoms with Crippen molar-refractivity contribution in [2.75, 3.05) is 13.2 Å². The van der Waals surface area contributed by atoms with Crippen molar-refractivity contribution in [3.63, 3.8) is 0 Å². The second-order valence-corrected chi connectivity index (χ2v) is 3.81. The lowest BCUT2D eigenvalue weighted by Gasteiger charge is -2.09. The van der Waals surface area contributed by atoms with E-state index in [0.29, 0.717) is 6.42 Å². The zero-order valence-electron chi connectivity index (χ0n) is 9.05. The summed E-state index contributed by atoms with van der Waals surface area (Å²) in [6.07, 6.45) is 2.69. The molecule has 15 heavy (non-hydrogen) atoms. The molecule has 0 spiro atoms. The van der Waals surface area contributed by atoms with Gasteiger partial charge in [-0.25, -0.2) is 0 Å². The van der Waals surface area contributed by atoms with E-state index in [-0.39, 0.29) is 19.3 Å². The number of aliphatic hydroxyl groups excluding tert-OH is 4. The summed E-state index contributed by atoms with van der Waals surface area (Å²) in [5.74, 6) is 0. The summed E-state index contributed by atoms with van der Waals surface area (Å²) in [6, 6.07) is -0.204. The molecule has 0 aliphatic heterocycles. The van der Waals surface area contributed by atoms with E-state index in [2.05, 4.69) is 0 Å². The van der Waals surface area contributed by atoms with Crippen molar-refractivity contribution in [2.45, 2.75) is 50.4 Å². The summed E-state index contributed by atoms with van der Waals surface area (Å²) in [4.78, 5) is 0. The first-order valence-corrected chi connectivity index (χ1v) is 5.47. The predicted molar refractivity (Wildman–Crippen MR) is 57.2 cm³/mol. The molecule has 0 amide bonds. The standard InChI is InChI=1S/C5H11NO2.C5H12O2/c6-3-1-2-4(7)5(3)8;6-4-2-1-3-5-7/h3-5,7-8H,1-2,6H2;6-7H,1-5H2. The van der Waals surface area contributed by atoms with Crippen LogP contribution in [0.15, 0.2) is 0 Å². The zero-order chi connectivity index (χ0) is 11.7. The highest BCUT2D eigenvalue weighted by molar-refractivity contribution is 4.86. The minimum Gasteiger partial charge on any atom is -0.396 e. The lowest BCUT2D eigenvalue weighted by Crippen LogP contribution is -2.34. The molecular weight excluding hydrogens is 198 g/mol. The molecule has 1 aliphatic rings. The van der Waals surface area contributed by atoms with Gasteiger partial charge >= 0.3 is 0 Å². The van der Waals surface area contributed by atoms with E-state index in [1.807, 2.05) is 0 Å². The summed E-state index contributed by atoms with van der Waals surface area (Å²) in [5.41, 5.74) is 5.36. The molecule has 1 rings (SSSR count). The van der Waals surface area contributed by atoms with Crippen LogP contribution in [-0.4, -0.2) is 51.9 Å². The molecule has 0 aromatic heterocycles. The summed E-state index contributed by atoms with van der Waals surface area (Å²) in [5, 5.41) is 34.2. The van der Waals surface area contributed by atoms with Crippen molar-refractivity contribution in [3.05, 3.63) is 0 Å². The Morgan fingerprint density at radius 1 is 0.933 bits per heavy atom. The molecule has 0 aromatic carbocycles. The van der Waals surface area contributed by atoms with Crippen molar-refractivity contribution in [2.24, 2.45) is 5.73 Å². The minimum absolute atomic E-state index is 0.204. The Kier molecular flexibility index (Phi) is 8.94. The molecule has 5 nitrogen and oxygen atoms in total. The fraction of sp³-hybridized carbons (Fsp3) is 1.00. The van der Waals surface area contributed by atoms with E-state index < -0.39 is 12.2 Å². The van der Waals surface area contributed by atoms with Gasteiger partial charge < -0.3 is 26.2 Å². The minimum atomic E-state index is -0.685. The van der Waals surface area contributed by atoms with E-state index >= 15 is 0 Å². The van der Waals surface area contributed by atoms with E-state index in [4.69, 9.17) is 26.2 Å². The van der Waals surface area contributed by atoms with Crippen molar-refractivity contribution in [1.82, 2.24) is 0 Å². The number of unbranched alkanes of at least 4 members (excludes halogenated alkanes) is 2. The largest absolute Gasteiger partial charge is 0.396 e. The van der Waals surface area contributed by atoms with Crippen molar-refractivity contribution in [1.29, 1.82) is 0 Å². The number of hydrogen-bond donors (Lipinski definition) is 5. The van der Waals surface area contributed by atoms with Crippen LogP contribution in [0.5, 0.6) is 0 Å². The highest BCUT2D eigenvalue weighted by Gasteiger charge is 2.29. The fourth-order valence-corrected chi connectivity index (χ4v) is 1.39. The van der Waals surface area contributed by atoms with Crippen LogP contribution in [0.1, 0.15) is 32.1 Å². The van der Waals surface area contributed by atoms with Gasteiger partial charge in [-0.05, 0) is 32.1 Å². The molecule has 5 heteroatoms. The van der Waals surface area contributed by atoms with Crippen LogP contribution < -0.4 is 5.73 Å². The molecular formula is C10H23NO4. The van der Waals surface area contributed by atoms with Gasteiger partial charge in [0.15, 0.2) is 0 Å². The normalized spacial score (nSPS) is 29.8. The highest BCUT2D eigenvalue weighted by Crippen LogP contribution is 2.17. The SMILES string of the molecule is NC1CCC(O)C1O.OCCCCCO. The molecule has 1 fully saturated rings. The molecule has 1 aliphatic carbocycles. The topological polar surface area (TPSA) is 107 Å². The molecule has 92 valence electrons. The first-order valence-electron chi connectivity index (χ1n) is 5.47. The third-order valence-corrected chi connectivity index (χ3v) is 2.44. The third-order valence-electron chi connectivity index (χ3n) is 2.44. The quantitative estimate of drug-likeness (QED) is 0.390. The lowest BCUT2D eigenvalue weighted by atomic mass is 10.2. The van der Waals surface area contributed by atoms with E-state index in [1.165, 1.54) is 0 Å². The van der Waals surface area contributed by atoms with E-state index in [9.17, 15) is 0 Å². The number of rotatable bonds is 4. The maximum absolute atomic E-state index is 8.89. The van der Waals surface area contributed by atoms with Crippen LogP contribution in [0.3, 0.4) is 0 Å². The van der Waals surface area contributed by atoms with Gasteiger partial charge in [-0.15, -0.1) is 0 Å². The summed E-state index contributed by atoms with van der Waals surface area (Å²) in [7, 11) is 0. The zero-order valence-corrected chi connectivity index (χ0v) is 9.05. The van der Waals surface area contributed by atoms with Crippen LogP contribution in [0, 0.1) is 0 Å². The van der Waals surface area contributed by atoms with Gasteiger partial charge in [0.25, 0.3) is 0 Å². The molecule has 0 radical (unpaired) electrons. The molecule has 6 N–H and O–H groups in total. The third kappa shape index (κ3) is 6.81. The average molecular weight is 221 g/mol. The highest BCUT2D eigenvalue weighted by atomic mass is 16.3. The summed E-state index contributed by atoms with van der Waals surface area (Å²) >= 11 is 0. The number of aliphatic hydroxyl groups is 4. The maximum atomic E-state index is 8.89. The van der Waals surface area contributed by atoms with Gasteiger partial charge in [0, 0.05) is 19.3 Å². The lowest BCUT2D eigenvalue weighted by molar-refractivity contribution is 0.0364. The smallest absolute Gasteiger partial charge is 0.0949 e. The Morgan fingerprint density at radius 3 is 1.67 bits per heavy atom. The van der Waals surface area contributed by atoms with E-state index in [1.54, 1.807) is 0 Å². The first kappa shape index (κ1) is 14.8. The second-order valence-electron chi connectivity index (χ2n) is 3.81. The Balaban J connectivity index is 0.000000265. The van der Waals surface area contributed by atoms with Crippen molar-refractivity contribution in [3.8, 4) is 0 Å². The molecule has 0 heterocycles. The van der Waals surface area contributed by atoms with Crippen LogP contribution in [0.25, 0.3) is 0 Å². The molecule has 1 saturated carbocycles. The van der Waals surface area contributed by atoms with Crippen LogP contribution in [-0.2, 0) is 0 Å². The van der Waals surface area contributed by atoms with Crippen LogP contribution in [0.4, 0.5) is 0 Å². The predicted octanol–water partition coefficient (Wildman–Crippen LogP) is -1.03. The maximum Gasteiger partial charge on any atom is 0.0949 e. The van der Waals surface area contributed by atoms with Gasteiger partial charge in [-0.3, -0.25) is 0 Å². The molecule has 0 saturated heterocycles. The Bertz CT molecular complexity index is 131. The number of hydrogen-bond acceptors (Lipinski definition) is 5.